The molecule has 0 aromatic rings. The van der Waals surface area contributed by atoms with Crippen molar-refractivity contribution in [3.05, 3.63) is 46.3 Å². The van der Waals surface area contributed by atoms with Crippen LogP contribution in [-0.4, -0.2) is 33.6 Å². The van der Waals surface area contributed by atoms with Crippen molar-refractivity contribution in [1.82, 2.24) is 5.32 Å². The van der Waals surface area contributed by atoms with Crippen LogP contribution in [0.15, 0.2) is 46.3 Å². The Bertz CT molecular complexity index is 1130. The molecular formula is C30H41NO4S. The number of rotatable bonds is 4. The fourth-order valence-corrected chi connectivity index (χ4v) is 8.86. The van der Waals surface area contributed by atoms with Crippen LogP contribution in [0.4, 0.5) is 0 Å². The summed E-state index contributed by atoms with van der Waals surface area (Å²) in [5.74, 6) is 1.20. The van der Waals surface area contributed by atoms with Crippen molar-refractivity contribution in [2.45, 2.75) is 79.6 Å². The molecule has 1 amide bonds. The normalized spacial score (nSPS) is 41.7. The maximum absolute atomic E-state index is 13.3. The predicted molar refractivity (Wildman–Crippen MR) is 144 cm³/mol. The lowest BCUT2D eigenvalue weighted by Crippen LogP contribution is -2.57. The lowest BCUT2D eigenvalue weighted by Gasteiger charge is -2.65. The molecule has 0 aromatic carbocycles. The van der Waals surface area contributed by atoms with Gasteiger partial charge in [0, 0.05) is 28.7 Å². The Morgan fingerprint density at radius 3 is 2.53 bits per heavy atom. The number of carbonyl (C=O) groups excluding carboxylic acids is 2. The molecule has 0 aliphatic heterocycles. The van der Waals surface area contributed by atoms with E-state index < -0.39 is 0 Å². The number of aliphatic hydroxyl groups is 1. The highest BCUT2D eigenvalue weighted by atomic mass is 32.2. The Balaban J connectivity index is 1.49. The van der Waals surface area contributed by atoms with E-state index in [0.717, 1.165) is 68.1 Å². The van der Waals surface area contributed by atoms with E-state index >= 15 is 0 Å². The summed E-state index contributed by atoms with van der Waals surface area (Å²) in [7, 11) is 0. The monoisotopic (exact) mass is 511 g/mol. The minimum absolute atomic E-state index is 0.0163. The largest absolute Gasteiger partial charge is 0.504 e. The van der Waals surface area contributed by atoms with Crippen molar-refractivity contribution >= 4 is 23.7 Å². The van der Waals surface area contributed by atoms with Gasteiger partial charge in [0.15, 0.2) is 5.76 Å². The molecule has 5 aliphatic carbocycles. The molecule has 3 saturated carbocycles. The molecule has 5 aliphatic rings. The Hall–Kier alpha value is -1.79. The maximum atomic E-state index is 13.3. The van der Waals surface area contributed by atoms with Crippen molar-refractivity contribution in [3.8, 4) is 0 Å². The van der Waals surface area contributed by atoms with Crippen LogP contribution in [0, 0.1) is 33.5 Å². The number of ketones is 1. The van der Waals surface area contributed by atoms with Gasteiger partial charge in [-0.05, 0) is 104 Å². The molecule has 5 rings (SSSR count). The van der Waals surface area contributed by atoms with Gasteiger partial charge >= 0.3 is 0 Å². The molecule has 3 fully saturated rings. The van der Waals surface area contributed by atoms with Crippen molar-refractivity contribution in [3.63, 3.8) is 0 Å². The number of fused-ring (bicyclic) bond motifs is 7. The van der Waals surface area contributed by atoms with Gasteiger partial charge in [0.25, 0.3) is 0 Å². The first kappa shape index (κ1) is 25.8. The second-order valence-electron chi connectivity index (χ2n) is 13.1. The molecule has 0 bridgehead atoms. The van der Waals surface area contributed by atoms with Gasteiger partial charge < -0.3 is 15.0 Å². The summed E-state index contributed by atoms with van der Waals surface area (Å²) in [6.45, 7) is 11.7. The van der Waals surface area contributed by atoms with E-state index in [4.69, 9.17) is 4.55 Å². The quantitative estimate of drug-likeness (QED) is 0.294. The van der Waals surface area contributed by atoms with Gasteiger partial charge in [0.1, 0.15) is 0 Å². The average Bonchev–Trinajstić information content (AvgIpc) is 2.84. The Morgan fingerprint density at radius 1 is 1.08 bits per heavy atom. The topological polar surface area (TPSA) is 86.6 Å². The summed E-state index contributed by atoms with van der Waals surface area (Å²) in [6, 6.07) is 0. The lowest BCUT2D eigenvalue weighted by molar-refractivity contribution is -0.144. The molecule has 6 atom stereocenters. The molecule has 0 aromatic heterocycles. The van der Waals surface area contributed by atoms with E-state index in [1.807, 2.05) is 6.92 Å². The number of amides is 1. The highest BCUT2D eigenvalue weighted by molar-refractivity contribution is 7.93. The Labute approximate surface area is 219 Å². The highest BCUT2D eigenvalue weighted by Gasteiger charge is 2.62. The van der Waals surface area contributed by atoms with Crippen LogP contribution < -0.4 is 5.32 Å². The van der Waals surface area contributed by atoms with E-state index in [1.54, 1.807) is 6.08 Å². The van der Waals surface area contributed by atoms with Crippen LogP contribution in [0.1, 0.15) is 79.6 Å². The summed E-state index contributed by atoms with van der Waals surface area (Å²) in [5, 5.41) is 13.4. The molecular weight excluding hydrogens is 470 g/mol. The third-order valence-electron chi connectivity index (χ3n) is 11.1. The smallest absolute Gasteiger partial charge is 0.225 e. The van der Waals surface area contributed by atoms with Crippen LogP contribution in [0.3, 0.4) is 0 Å². The van der Waals surface area contributed by atoms with Crippen molar-refractivity contribution < 1.29 is 19.2 Å². The summed E-state index contributed by atoms with van der Waals surface area (Å²) in [5.41, 5.74) is 3.87. The first-order valence-electron chi connectivity index (χ1n) is 13.5. The standard InChI is InChI=1S/C30H41NO4S/c1-18-19-6-7-24-29(4,21(19)16-23(32)25(18)33)9-8-20-22-17-28(3,26(34)31-14-15-36-35)11-10-27(22,2)12-13-30(20,24)5/h6-7,16,20,22,33,35H,8-15,17H2,1-5H3,(H,31,34). The number of carbonyl (C=O) groups is 2. The Kier molecular flexibility index (Phi) is 6.19. The molecule has 6 unspecified atom stereocenters. The third kappa shape index (κ3) is 3.61. The molecule has 0 heterocycles. The van der Waals surface area contributed by atoms with Crippen LogP contribution >= 0.6 is 12.0 Å². The van der Waals surface area contributed by atoms with Gasteiger partial charge in [-0.25, -0.2) is 0 Å². The fourth-order valence-electron chi connectivity index (χ4n) is 8.67. The second-order valence-corrected chi connectivity index (χ2v) is 13.7. The molecule has 5 nitrogen and oxygen atoms in total. The average molecular weight is 512 g/mol. The van der Waals surface area contributed by atoms with E-state index in [1.165, 1.54) is 5.57 Å². The van der Waals surface area contributed by atoms with Gasteiger partial charge in [0.2, 0.25) is 11.7 Å². The number of allylic oxidation sites excluding steroid dienone is 7. The summed E-state index contributed by atoms with van der Waals surface area (Å²) < 4.78 is 9.05. The number of hydrogen-bond donors (Lipinski definition) is 3. The van der Waals surface area contributed by atoms with Gasteiger partial charge in [-0.2, -0.15) is 0 Å². The van der Waals surface area contributed by atoms with Crippen LogP contribution in [-0.2, 0) is 9.59 Å². The number of aliphatic hydroxyl groups excluding tert-OH is 1. The second kappa shape index (κ2) is 8.62. The van der Waals surface area contributed by atoms with E-state index in [0.29, 0.717) is 29.7 Å². The van der Waals surface area contributed by atoms with Gasteiger partial charge in [0.05, 0.1) is 0 Å². The van der Waals surface area contributed by atoms with E-state index in [9.17, 15) is 14.7 Å². The van der Waals surface area contributed by atoms with Crippen LogP contribution in [0.2, 0.25) is 0 Å². The molecule has 0 radical (unpaired) electrons. The zero-order chi connectivity index (χ0) is 26.1. The highest BCUT2D eigenvalue weighted by Crippen LogP contribution is 2.70. The van der Waals surface area contributed by atoms with Crippen molar-refractivity contribution in [2.24, 2.45) is 33.5 Å². The number of hydrogen-bond acceptors (Lipinski definition) is 5. The molecule has 0 spiro atoms. The Morgan fingerprint density at radius 2 is 1.81 bits per heavy atom. The van der Waals surface area contributed by atoms with E-state index in [2.05, 4.69) is 45.2 Å². The van der Waals surface area contributed by atoms with Crippen LogP contribution in [0.25, 0.3) is 0 Å². The number of nitrogens with one attached hydrogen (secondary N) is 1. The molecule has 196 valence electrons. The van der Waals surface area contributed by atoms with Gasteiger partial charge in [-0.15, -0.1) is 0 Å². The minimum Gasteiger partial charge on any atom is -0.504 e. The van der Waals surface area contributed by atoms with Gasteiger partial charge in [-0.3, -0.25) is 9.59 Å². The summed E-state index contributed by atoms with van der Waals surface area (Å²) >= 11 is 0.771. The third-order valence-corrected chi connectivity index (χ3v) is 11.5. The minimum atomic E-state index is -0.380. The first-order valence-corrected chi connectivity index (χ1v) is 14.5. The lowest BCUT2D eigenvalue weighted by atomic mass is 9.39. The first-order chi connectivity index (χ1) is 16.9. The molecule has 0 saturated heterocycles. The maximum Gasteiger partial charge on any atom is 0.225 e. The van der Waals surface area contributed by atoms with Crippen molar-refractivity contribution in [2.75, 3.05) is 12.3 Å². The molecule has 3 N–H and O–H groups in total. The zero-order valence-electron chi connectivity index (χ0n) is 22.4. The predicted octanol–water partition coefficient (Wildman–Crippen LogP) is 6.55. The fraction of sp³-hybridized carbons (Fsp3) is 0.667. The molecule has 6 heteroatoms. The summed E-state index contributed by atoms with van der Waals surface area (Å²) in [4.78, 5) is 25.9. The van der Waals surface area contributed by atoms with Gasteiger partial charge in [-0.1, -0.05) is 45.4 Å². The summed E-state index contributed by atoms with van der Waals surface area (Å²) in [6.07, 6.45) is 13.4. The van der Waals surface area contributed by atoms with E-state index in [-0.39, 0.29) is 39.1 Å². The molecule has 36 heavy (non-hydrogen) atoms. The SMILES string of the molecule is CC1=C(O)C(=O)C=C2C1=CC=C1C2(C)CCC2C3CC(C)(C(=O)NCCSO)CCC3(C)CCC12C. The van der Waals surface area contributed by atoms with Crippen LogP contribution in [0.5, 0.6) is 0 Å². The van der Waals surface area contributed by atoms with Crippen molar-refractivity contribution in [1.29, 1.82) is 0 Å². The zero-order valence-corrected chi connectivity index (χ0v) is 23.2.